The molecule has 1 aromatic heterocycles. The normalized spacial score (nSPS) is 19.1. The molecule has 0 radical (unpaired) electrons. The van der Waals surface area contributed by atoms with E-state index >= 15 is 0 Å². The summed E-state index contributed by atoms with van der Waals surface area (Å²) in [6.07, 6.45) is 3.21. The lowest BCUT2D eigenvalue weighted by atomic mass is 9.82. The molecular weight excluding hydrogens is 402 g/mol. The lowest BCUT2D eigenvalue weighted by molar-refractivity contribution is -0.130. The van der Waals surface area contributed by atoms with Crippen LogP contribution in [0.5, 0.6) is 0 Å². The standard InChI is InChI=1S/C22H22ClN5O2/c1-13(29)27-10-8-15(9-11-27)20-21(24-3)19(16-6-4-5-7-18(16)23)17-12-28(14(2)30)26-22(17)25-20/h4-7,12,15,19H,8-11H2,1-2H3,(H,25,26). The smallest absolute Gasteiger partial charge is 0.243 e. The second-order valence-electron chi connectivity index (χ2n) is 7.67. The molecule has 1 aromatic carbocycles. The van der Waals surface area contributed by atoms with E-state index in [-0.39, 0.29) is 17.7 Å². The number of carbonyl (C=O) groups excluding carboxylic acids is 2. The van der Waals surface area contributed by atoms with Gasteiger partial charge < -0.3 is 10.2 Å². The highest BCUT2D eigenvalue weighted by Crippen LogP contribution is 2.46. The number of anilines is 1. The quantitative estimate of drug-likeness (QED) is 0.737. The number of nitrogens with one attached hydrogen (secondary N) is 1. The number of halogens is 1. The second-order valence-corrected chi connectivity index (χ2v) is 8.07. The number of nitrogens with zero attached hydrogens (tertiary/aromatic N) is 4. The van der Waals surface area contributed by atoms with Gasteiger partial charge in [-0.2, -0.15) is 0 Å². The summed E-state index contributed by atoms with van der Waals surface area (Å²) in [5.41, 5.74) is 2.96. The largest absolute Gasteiger partial charge is 0.352 e. The van der Waals surface area contributed by atoms with Crippen LogP contribution < -0.4 is 5.32 Å². The van der Waals surface area contributed by atoms with Gasteiger partial charge in [0.05, 0.1) is 12.5 Å². The van der Waals surface area contributed by atoms with Crippen molar-refractivity contribution in [2.75, 3.05) is 18.4 Å². The number of benzene rings is 1. The van der Waals surface area contributed by atoms with Gasteiger partial charge in [-0.25, -0.2) is 9.53 Å². The van der Waals surface area contributed by atoms with Crippen LogP contribution in [0.3, 0.4) is 0 Å². The van der Waals surface area contributed by atoms with Crippen molar-refractivity contribution >= 4 is 29.2 Å². The van der Waals surface area contributed by atoms with Crippen LogP contribution in [0.15, 0.2) is 41.9 Å². The van der Waals surface area contributed by atoms with Crippen molar-refractivity contribution in [2.24, 2.45) is 5.92 Å². The number of amides is 1. The van der Waals surface area contributed by atoms with E-state index in [1.165, 1.54) is 11.6 Å². The average molecular weight is 424 g/mol. The number of likely N-dealkylation sites (tertiary alicyclic amines) is 1. The van der Waals surface area contributed by atoms with Crippen molar-refractivity contribution in [3.05, 3.63) is 69.4 Å². The third-order valence-electron chi connectivity index (χ3n) is 5.86. The van der Waals surface area contributed by atoms with Gasteiger partial charge >= 0.3 is 0 Å². The minimum Gasteiger partial charge on any atom is -0.352 e. The highest BCUT2D eigenvalue weighted by atomic mass is 35.5. The fourth-order valence-corrected chi connectivity index (χ4v) is 4.54. The van der Waals surface area contributed by atoms with E-state index in [4.69, 9.17) is 18.2 Å². The van der Waals surface area contributed by atoms with E-state index in [0.29, 0.717) is 29.6 Å². The van der Waals surface area contributed by atoms with Gasteiger partial charge in [0.15, 0.2) is 11.5 Å². The first kappa shape index (κ1) is 20.2. The number of hydrogen-bond acceptors (Lipinski definition) is 4. The minimum atomic E-state index is -0.401. The molecule has 7 nitrogen and oxygen atoms in total. The summed E-state index contributed by atoms with van der Waals surface area (Å²) in [5, 5.41) is 8.33. The first-order chi connectivity index (χ1) is 14.4. The number of fused-ring (bicyclic) bond motifs is 1. The van der Waals surface area contributed by atoms with Gasteiger partial charge in [0, 0.05) is 49.4 Å². The third-order valence-corrected chi connectivity index (χ3v) is 6.21. The predicted molar refractivity (Wildman–Crippen MR) is 114 cm³/mol. The first-order valence-corrected chi connectivity index (χ1v) is 10.3. The molecule has 0 saturated carbocycles. The molecule has 1 atom stereocenters. The maximum atomic E-state index is 11.9. The summed E-state index contributed by atoms with van der Waals surface area (Å²) in [7, 11) is 0. The molecule has 4 rings (SSSR count). The minimum absolute atomic E-state index is 0.0702. The molecule has 1 saturated heterocycles. The molecule has 8 heteroatoms. The van der Waals surface area contributed by atoms with Crippen LogP contribution >= 0.6 is 11.6 Å². The highest BCUT2D eigenvalue weighted by molar-refractivity contribution is 6.31. The summed E-state index contributed by atoms with van der Waals surface area (Å²) in [6.45, 7) is 12.3. The number of hydrogen-bond donors (Lipinski definition) is 1. The zero-order valence-corrected chi connectivity index (χ0v) is 17.6. The lowest BCUT2D eigenvalue weighted by Gasteiger charge is -2.36. The topological polar surface area (TPSA) is 71.6 Å². The van der Waals surface area contributed by atoms with Gasteiger partial charge in [-0.3, -0.25) is 9.59 Å². The monoisotopic (exact) mass is 423 g/mol. The van der Waals surface area contributed by atoms with Crippen molar-refractivity contribution in [1.29, 1.82) is 0 Å². The summed E-state index contributed by atoms with van der Waals surface area (Å²) in [4.78, 5) is 29.4. The molecular formula is C22H22ClN5O2. The van der Waals surface area contributed by atoms with E-state index in [2.05, 4.69) is 15.3 Å². The molecule has 0 aliphatic carbocycles. The Bertz CT molecular complexity index is 1090. The maximum absolute atomic E-state index is 11.9. The van der Waals surface area contributed by atoms with Gasteiger partial charge in [0.25, 0.3) is 0 Å². The number of piperidine rings is 1. The van der Waals surface area contributed by atoms with Gasteiger partial charge in [-0.15, -0.1) is 5.10 Å². The van der Waals surface area contributed by atoms with E-state index < -0.39 is 5.92 Å². The number of rotatable bonds is 2. The zero-order valence-electron chi connectivity index (χ0n) is 16.9. The SMILES string of the molecule is [C-]#[N+]C1=C(C2CCN(C(C)=O)CC2)Nc2nn(C(C)=O)cc2C1c1ccccc1Cl. The Morgan fingerprint density at radius 1 is 1.17 bits per heavy atom. The Kier molecular flexibility index (Phi) is 5.35. The summed E-state index contributed by atoms with van der Waals surface area (Å²) in [6, 6.07) is 7.46. The van der Waals surface area contributed by atoms with Gasteiger partial charge in [0.1, 0.15) is 0 Å². The molecule has 0 spiro atoms. The Balaban J connectivity index is 1.81. The number of allylic oxidation sites excluding steroid dienone is 2. The predicted octanol–water partition coefficient (Wildman–Crippen LogP) is 4.14. The zero-order chi connectivity index (χ0) is 21.4. The van der Waals surface area contributed by atoms with Crippen molar-refractivity contribution < 1.29 is 9.59 Å². The average Bonchev–Trinajstić information content (AvgIpc) is 3.17. The fourth-order valence-electron chi connectivity index (χ4n) is 4.29. The molecule has 1 unspecified atom stereocenters. The van der Waals surface area contributed by atoms with Crippen LogP contribution in [-0.2, 0) is 4.79 Å². The molecule has 2 aliphatic rings. The van der Waals surface area contributed by atoms with Gasteiger partial charge in [-0.1, -0.05) is 29.8 Å². The van der Waals surface area contributed by atoms with Crippen LogP contribution in [-0.4, -0.2) is 39.6 Å². The summed E-state index contributed by atoms with van der Waals surface area (Å²) < 4.78 is 1.30. The lowest BCUT2D eigenvalue weighted by Crippen LogP contribution is -2.38. The van der Waals surface area contributed by atoms with Crippen LogP contribution in [0.4, 0.5) is 5.82 Å². The van der Waals surface area contributed by atoms with Crippen LogP contribution in [0.25, 0.3) is 4.85 Å². The van der Waals surface area contributed by atoms with Crippen LogP contribution in [0, 0.1) is 12.5 Å². The molecule has 1 fully saturated rings. The van der Waals surface area contributed by atoms with E-state index in [0.717, 1.165) is 29.7 Å². The maximum Gasteiger partial charge on any atom is 0.243 e. The number of aromatic nitrogens is 2. The highest BCUT2D eigenvalue weighted by Gasteiger charge is 2.37. The molecule has 2 aliphatic heterocycles. The van der Waals surface area contributed by atoms with Crippen LogP contribution in [0.1, 0.15) is 48.5 Å². The van der Waals surface area contributed by atoms with Crippen molar-refractivity contribution in [1.82, 2.24) is 14.7 Å². The van der Waals surface area contributed by atoms with E-state index in [9.17, 15) is 9.59 Å². The Hall–Kier alpha value is -3.11. The molecule has 30 heavy (non-hydrogen) atoms. The molecule has 1 N–H and O–H groups in total. The fraction of sp³-hybridized carbons (Fsp3) is 0.364. The Morgan fingerprint density at radius 3 is 2.47 bits per heavy atom. The van der Waals surface area contributed by atoms with E-state index in [1.54, 1.807) is 19.2 Å². The van der Waals surface area contributed by atoms with Gasteiger partial charge in [0.2, 0.25) is 11.8 Å². The first-order valence-electron chi connectivity index (χ1n) is 9.89. The summed E-state index contributed by atoms with van der Waals surface area (Å²) >= 11 is 6.52. The van der Waals surface area contributed by atoms with Crippen molar-refractivity contribution in [3.8, 4) is 0 Å². The van der Waals surface area contributed by atoms with E-state index in [1.807, 2.05) is 23.1 Å². The molecule has 3 heterocycles. The van der Waals surface area contributed by atoms with Gasteiger partial charge in [-0.05, 0) is 30.4 Å². The Labute approximate surface area is 180 Å². The second kappa shape index (κ2) is 7.96. The molecule has 1 amide bonds. The Morgan fingerprint density at radius 2 is 1.87 bits per heavy atom. The van der Waals surface area contributed by atoms with Crippen molar-refractivity contribution in [2.45, 2.75) is 32.6 Å². The van der Waals surface area contributed by atoms with Crippen molar-refractivity contribution in [3.63, 3.8) is 0 Å². The van der Waals surface area contributed by atoms with Crippen LogP contribution in [0.2, 0.25) is 5.02 Å². The molecule has 2 aromatic rings. The summed E-state index contributed by atoms with van der Waals surface area (Å²) in [5.74, 6) is 0.142. The number of carbonyl (C=O) groups is 2. The molecule has 0 bridgehead atoms. The third kappa shape index (κ3) is 3.48. The molecule has 154 valence electrons.